The second-order valence-corrected chi connectivity index (χ2v) is 7.93. The van der Waals surface area contributed by atoms with Crippen molar-refractivity contribution in [2.75, 3.05) is 0 Å². The van der Waals surface area contributed by atoms with Gasteiger partial charge >= 0.3 is 13.5 Å². The summed E-state index contributed by atoms with van der Waals surface area (Å²) in [6, 6.07) is 0. The third kappa shape index (κ3) is 24.8. The molecular formula is C25H50BO5. The van der Waals surface area contributed by atoms with Gasteiger partial charge in [-0.3, -0.25) is 14.4 Å². The maximum absolute atomic E-state index is 11.8. The molecule has 183 valence electrons. The number of ketones is 1. The predicted octanol–water partition coefficient (Wildman–Crippen LogP) is 7.23. The number of hydrogen-bond donors (Lipinski definition) is 0. The largest absolute Gasteiger partial charge is 0.539 e. The number of Topliss-reactive ketones (excluding diaryl/α,β-unsaturated/α-hetero) is 1. The summed E-state index contributed by atoms with van der Waals surface area (Å²) in [6.07, 6.45) is 15.7. The van der Waals surface area contributed by atoms with Crippen molar-refractivity contribution in [3.05, 3.63) is 0 Å². The van der Waals surface area contributed by atoms with Gasteiger partial charge in [-0.2, -0.15) is 0 Å². The molecule has 0 N–H and O–H groups in total. The van der Waals surface area contributed by atoms with E-state index in [0.717, 1.165) is 51.4 Å². The molecule has 0 saturated carbocycles. The van der Waals surface area contributed by atoms with Crippen LogP contribution in [-0.2, 0) is 23.8 Å². The first-order valence-corrected chi connectivity index (χ1v) is 11.7. The molecule has 1 unspecified atom stereocenters. The Hall–Kier alpha value is -1.33. The smallest absolute Gasteiger partial charge is 0.370 e. The molecule has 1 radical (unpaired) electrons. The van der Waals surface area contributed by atoms with E-state index < -0.39 is 0 Å². The highest BCUT2D eigenvalue weighted by molar-refractivity contribution is 6.28. The van der Waals surface area contributed by atoms with Crippen LogP contribution < -0.4 is 0 Å². The van der Waals surface area contributed by atoms with Gasteiger partial charge in [-0.1, -0.05) is 86.4 Å². The van der Waals surface area contributed by atoms with Gasteiger partial charge in [0.25, 0.3) is 5.97 Å². The fourth-order valence-corrected chi connectivity index (χ4v) is 3.38. The maximum atomic E-state index is 11.8. The van der Waals surface area contributed by atoms with E-state index in [1.54, 1.807) is 6.82 Å². The van der Waals surface area contributed by atoms with E-state index in [9.17, 15) is 14.4 Å². The number of carbonyl (C=O) groups excluding carboxylic acids is 3. The summed E-state index contributed by atoms with van der Waals surface area (Å²) in [6.45, 7) is 5.32. The van der Waals surface area contributed by atoms with E-state index in [2.05, 4.69) is 6.92 Å². The van der Waals surface area contributed by atoms with Crippen LogP contribution in [0.4, 0.5) is 0 Å². The molecule has 0 aliphatic carbocycles. The van der Waals surface area contributed by atoms with E-state index in [0.29, 0.717) is 6.42 Å². The van der Waals surface area contributed by atoms with Gasteiger partial charge in [0.1, 0.15) is 18.3 Å². The van der Waals surface area contributed by atoms with E-state index in [-0.39, 0.29) is 45.1 Å². The van der Waals surface area contributed by atoms with Crippen LogP contribution in [0.2, 0.25) is 6.82 Å². The van der Waals surface area contributed by atoms with Gasteiger partial charge in [-0.05, 0) is 39.0 Å². The van der Waals surface area contributed by atoms with Crippen molar-refractivity contribution in [2.45, 2.75) is 144 Å². The van der Waals surface area contributed by atoms with E-state index in [1.807, 2.05) is 0 Å². The topological polar surface area (TPSA) is 69.7 Å². The van der Waals surface area contributed by atoms with Crippen molar-refractivity contribution < 1.29 is 23.8 Å². The second-order valence-electron chi connectivity index (χ2n) is 7.93. The van der Waals surface area contributed by atoms with Crippen LogP contribution in [0.3, 0.4) is 0 Å². The molecule has 0 aliphatic rings. The van der Waals surface area contributed by atoms with Crippen LogP contribution in [0.5, 0.6) is 0 Å². The number of rotatable bonds is 20. The summed E-state index contributed by atoms with van der Waals surface area (Å²) in [5, 5.41) is 0. The first kappa shape index (κ1) is 34.3. The standard InChI is InChI=1S/C23H42BO5.2CH4/c1-4-5-6-13-16-21(28-23(27)19-20(2)25)17-14-11-9-7-8-10-12-15-18-22(26)29-24-3;;/h21H,4-19H2,1-3H3;2*1H4. The lowest BCUT2D eigenvalue weighted by atomic mass is 10.0. The lowest BCUT2D eigenvalue weighted by Gasteiger charge is -2.18. The fraction of sp³-hybridized carbons (Fsp3) is 0.880. The zero-order chi connectivity index (χ0) is 21.7. The first-order chi connectivity index (χ1) is 14.0. The quantitative estimate of drug-likeness (QED) is 0.0862. The van der Waals surface area contributed by atoms with E-state index >= 15 is 0 Å². The Morgan fingerprint density at radius 2 is 1.23 bits per heavy atom. The molecule has 0 saturated heterocycles. The molecule has 0 heterocycles. The number of hydrogen-bond acceptors (Lipinski definition) is 5. The van der Waals surface area contributed by atoms with Crippen molar-refractivity contribution in [1.82, 2.24) is 0 Å². The summed E-state index contributed by atoms with van der Waals surface area (Å²) < 4.78 is 10.4. The third-order valence-corrected chi connectivity index (χ3v) is 4.98. The molecule has 5 nitrogen and oxygen atoms in total. The summed E-state index contributed by atoms with van der Waals surface area (Å²) in [4.78, 5) is 34.1. The SMILES string of the molecule is C.C.C[B]OC(=O)CCCCCCCCCCC(CCCCCC)OC(=O)CC(C)=O. The predicted molar refractivity (Wildman–Crippen MR) is 131 cm³/mol. The van der Waals surface area contributed by atoms with Crippen LogP contribution in [0.15, 0.2) is 0 Å². The average molecular weight is 441 g/mol. The molecule has 0 amide bonds. The summed E-state index contributed by atoms with van der Waals surface area (Å²) in [5.41, 5.74) is 0. The summed E-state index contributed by atoms with van der Waals surface area (Å²) in [5.74, 6) is -0.653. The Morgan fingerprint density at radius 3 is 1.71 bits per heavy atom. The minimum absolute atomic E-state index is 0. The molecule has 0 aromatic carbocycles. The zero-order valence-corrected chi connectivity index (χ0v) is 19.0. The third-order valence-electron chi connectivity index (χ3n) is 4.98. The normalized spacial score (nSPS) is 10.9. The molecule has 0 aromatic heterocycles. The van der Waals surface area contributed by atoms with Crippen molar-refractivity contribution in [3.63, 3.8) is 0 Å². The van der Waals surface area contributed by atoms with Crippen LogP contribution in [0.1, 0.15) is 131 Å². The molecule has 6 heteroatoms. The van der Waals surface area contributed by atoms with Crippen LogP contribution in [0.25, 0.3) is 0 Å². The lowest BCUT2D eigenvalue weighted by Crippen LogP contribution is -2.20. The highest BCUT2D eigenvalue weighted by Gasteiger charge is 2.15. The molecule has 0 aliphatic heterocycles. The second kappa shape index (κ2) is 24.9. The van der Waals surface area contributed by atoms with Crippen LogP contribution in [0, 0.1) is 0 Å². The molecular weight excluding hydrogens is 391 g/mol. The van der Waals surface area contributed by atoms with E-state index in [1.165, 1.54) is 52.9 Å². The van der Waals surface area contributed by atoms with E-state index in [4.69, 9.17) is 9.39 Å². The summed E-state index contributed by atoms with van der Waals surface area (Å²) >= 11 is 0. The van der Waals surface area contributed by atoms with Gasteiger partial charge in [0.05, 0.1) is 0 Å². The highest BCUT2D eigenvalue weighted by Crippen LogP contribution is 2.17. The number of ether oxygens (including phenoxy) is 1. The molecule has 0 rings (SSSR count). The van der Waals surface area contributed by atoms with Crippen LogP contribution >= 0.6 is 0 Å². The summed E-state index contributed by atoms with van der Waals surface area (Å²) in [7, 11) is 1.43. The Bertz CT molecular complexity index is 440. The van der Waals surface area contributed by atoms with Crippen molar-refractivity contribution in [3.8, 4) is 0 Å². The van der Waals surface area contributed by atoms with Crippen molar-refractivity contribution in [1.29, 1.82) is 0 Å². The van der Waals surface area contributed by atoms with Crippen LogP contribution in [-0.4, -0.2) is 31.3 Å². The Kier molecular flexibility index (Phi) is 27.6. The fourth-order valence-electron chi connectivity index (χ4n) is 3.38. The molecule has 0 aromatic rings. The Balaban J connectivity index is -0.00000392. The monoisotopic (exact) mass is 441 g/mol. The van der Waals surface area contributed by atoms with Crippen molar-refractivity contribution in [2.24, 2.45) is 0 Å². The minimum Gasteiger partial charge on any atom is -0.539 e. The van der Waals surface area contributed by atoms with Gasteiger partial charge in [0, 0.05) is 6.42 Å². The number of esters is 1. The van der Waals surface area contributed by atoms with Gasteiger partial charge in [-0.15, -0.1) is 0 Å². The van der Waals surface area contributed by atoms with Gasteiger partial charge in [-0.25, -0.2) is 0 Å². The maximum Gasteiger partial charge on any atom is 0.370 e. The lowest BCUT2D eigenvalue weighted by molar-refractivity contribution is -0.151. The highest BCUT2D eigenvalue weighted by atomic mass is 16.5. The minimum atomic E-state index is -0.376. The Labute approximate surface area is 193 Å². The average Bonchev–Trinajstić information content (AvgIpc) is 2.65. The molecule has 0 bridgehead atoms. The molecule has 0 fully saturated rings. The van der Waals surface area contributed by atoms with Crippen molar-refractivity contribution >= 4 is 25.2 Å². The number of unbranched alkanes of at least 4 members (excludes halogenated alkanes) is 10. The number of carbonyl (C=O) groups is 3. The molecule has 31 heavy (non-hydrogen) atoms. The zero-order valence-electron chi connectivity index (χ0n) is 19.0. The van der Waals surface area contributed by atoms with Gasteiger partial charge in [0.2, 0.25) is 0 Å². The van der Waals surface area contributed by atoms with Gasteiger partial charge < -0.3 is 9.39 Å². The molecule has 0 spiro atoms. The van der Waals surface area contributed by atoms with Gasteiger partial charge in [0.15, 0.2) is 0 Å². The Morgan fingerprint density at radius 1 is 0.742 bits per heavy atom. The molecule has 1 atom stereocenters. The first-order valence-electron chi connectivity index (χ1n) is 11.7.